The summed E-state index contributed by atoms with van der Waals surface area (Å²) < 4.78 is 0. The van der Waals surface area contributed by atoms with Crippen LogP contribution in [0.15, 0.2) is 35.1 Å². The lowest BCUT2D eigenvalue weighted by atomic mass is 9.54. The summed E-state index contributed by atoms with van der Waals surface area (Å²) in [4.78, 5) is 40.0. The first-order chi connectivity index (χ1) is 14.9. The van der Waals surface area contributed by atoms with E-state index in [1.807, 2.05) is 0 Å². The number of aromatic hydroxyl groups is 1. The SMILES string of the molecule is C[C@H]1c2cccc(O)c2C(O)=C2C(=O)[C@]3(O)C(O)=C(C(N)=O)C(=O)[C@@H](N(C)C)[C@H]3[C@@H](O)[C@@H]21.O. The van der Waals surface area contributed by atoms with Crippen molar-refractivity contribution in [3.05, 3.63) is 46.2 Å². The minimum Gasteiger partial charge on any atom is -0.508 e. The van der Waals surface area contributed by atoms with Gasteiger partial charge in [0.2, 0.25) is 5.78 Å². The van der Waals surface area contributed by atoms with Gasteiger partial charge in [-0.1, -0.05) is 19.1 Å². The molecule has 0 aliphatic heterocycles. The van der Waals surface area contributed by atoms with E-state index in [0.29, 0.717) is 5.56 Å². The summed E-state index contributed by atoms with van der Waals surface area (Å²) in [7, 11) is 2.92. The Kier molecular flexibility index (Phi) is 5.66. The van der Waals surface area contributed by atoms with E-state index in [1.165, 1.54) is 25.1 Å². The molecule has 11 heteroatoms. The lowest BCUT2D eigenvalue weighted by Gasteiger charge is -2.53. The fourth-order valence-electron chi connectivity index (χ4n) is 5.58. The lowest BCUT2D eigenvalue weighted by Crippen LogP contribution is -2.70. The van der Waals surface area contributed by atoms with E-state index < -0.39 is 75.6 Å². The van der Waals surface area contributed by atoms with Gasteiger partial charge >= 0.3 is 0 Å². The Morgan fingerprint density at radius 1 is 1.15 bits per heavy atom. The summed E-state index contributed by atoms with van der Waals surface area (Å²) in [5, 5.41) is 54.9. The summed E-state index contributed by atoms with van der Waals surface area (Å²) in [6, 6.07) is 3.13. The normalized spacial score (nSPS) is 33.3. The zero-order valence-electron chi connectivity index (χ0n) is 18.1. The number of nitrogens with zero attached hydrogens (tertiary/aromatic N) is 1. The largest absolute Gasteiger partial charge is 0.508 e. The number of amides is 1. The van der Waals surface area contributed by atoms with Crippen LogP contribution in [0.3, 0.4) is 0 Å². The maximum absolute atomic E-state index is 13.7. The van der Waals surface area contributed by atoms with Gasteiger partial charge in [0.15, 0.2) is 11.4 Å². The van der Waals surface area contributed by atoms with Gasteiger partial charge in [-0.25, -0.2) is 0 Å². The first kappa shape index (κ1) is 24.4. The Morgan fingerprint density at radius 2 is 1.76 bits per heavy atom. The molecular weight excluding hydrogens is 436 g/mol. The Hall–Kier alpha value is -3.25. The molecule has 0 unspecified atom stereocenters. The summed E-state index contributed by atoms with van der Waals surface area (Å²) in [5.41, 5.74) is 1.47. The number of Topliss-reactive ketones (excluding diaryl/α,β-unsaturated/α-hetero) is 2. The second kappa shape index (κ2) is 7.66. The fraction of sp³-hybridized carbons (Fsp3) is 0.409. The van der Waals surface area contributed by atoms with E-state index in [9.17, 15) is 39.9 Å². The predicted octanol–water partition coefficient (Wildman–Crippen LogP) is -1.33. The topological polar surface area (TPSA) is 213 Å². The van der Waals surface area contributed by atoms with Gasteiger partial charge < -0.3 is 36.7 Å². The molecule has 1 aromatic carbocycles. The van der Waals surface area contributed by atoms with E-state index >= 15 is 0 Å². The summed E-state index contributed by atoms with van der Waals surface area (Å²) in [6.45, 7) is 1.68. The van der Waals surface area contributed by atoms with E-state index in [1.54, 1.807) is 19.1 Å². The molecule has 0 bridgehead atoms. The Balaban J connectivity index is 0.00000306. The van der Waals surface area contributed by atoms with E-state index in [2.05, 4.69) is 0 Å². The molecule has 1 aromatic rings. The number of aliphatic hydroxyl groups is 4. The maximum atomic E-state index is 13.7. The molecule has 0 spiro atoms. The zero-order valence-corrected chi connectivity index (χ0v) is 18.1. The van der Waals surface area contributed by atoms with Crippen molar-refractivity contribution in [3.8, 4) is 5.75 Å². The molecule has 3 aliphatic rings. The van der Waals surface area contributed by atoms with Gasteiger partial charge in [0.25, 0.3) is 5.91 Å². The van der Waals surface area contributed by atoms with Crippen molar-refractivity contribution in [2.45, 2.75) is 30.6 Å². The number of phenols is 1. The van der Waals surface area contributed by atoms with Crippen molar-refractivity contribution in [1.29, 1.82) is 0 Å². The number of rotatable bonds is 2. The highest BCUT2D eigenvalue weighted by Crippen LogP contribution is 2.55. The average molecular weight is 462 g/mol. The third-order valence-electron chi connectivity index (χ3n) is 6.99. The van der Waals surface area contributed by atoms with Crippen molar-refractivity contribution in [3.63, 3.8) is 0 Å². The zero-order chi connectivity index (χ0) is 23.9. The van der Waals surface area contributed by atoms with Crippen molar-refractivity contribution < 1.29 is 45.4 Å². The Bertz CT molecular complexity index is 1140. The number of primary amides is 1. The second-order valence-corrected chi connectivity index (χ2v) is 8.79. The minimum absolute atomic E-state index is 0. The standard InChI is InChI=1S/C22H24N2O8.H2O/c1-7-8-5-4-6-9(25)11(8)16(26)12-10(7)17(27)14-15(24(2)3)18(28)13(21(23)31)20(30)22(14,32)19(12)29;/h4-7,10,14-15,17,25-27,30,32H,1-3H3,(H2,23,31);1H2/t7-,10+,14-,15-,17-,22-;/m0./s1. The third-order valence-corrected chi connectivity index (χ3v) is 6.99. The monoisotopic (exact) mass is 462 g/mol. The number of aliphatic hydroxyl groups excluding tert-OH is 3. The number of ketones is 2. The van der Waals surface area contributed by atoms with Crippen molar-refractivity contribution >= 4 is 23.2 Å². The summed E-state index contributed by atoms with van der Waals surface area (Å²) in [6.07, 6.45) is -1.59. The first-order valence-electron chi connectivity index (χ1n) is 10.0. The van der Waals surface area contributed by atoms with Crippen LogP contribution in [0.4, 0.5) is 0 Å². The van der Waals surface area contributed by atoms with Gasteiger partial charge in [0.1, 0.15) is 22.8 Å². The van der Waals surface area contributed by atoms with Crippen LogP contribution in [-0.4, -0.2) is 85.2 Å². The molecule has 3 aliphatic carbocycles. The molecule has 178 valence electrons. The lowest BCUT2D eigenvalue weighted by molar-refractivity contribution is -0.169. The van der Waals surface area contributed by atoms with Gasteiger partial charge in [-0.2, -0.15) is 0 Å². The number of carbonyl (C=O) groups is 3. The van der Waals surface area contributed by atoms with Gasteiger partial charge in [-0.3, -0.25) is 19.3 Å². The predicted molar refractivity (Wildman–Crippen MR) is 114 cm³/mol. The van der Waals surface area contributed by atoms with Crippen LogP contribution in [0.5, 0.6) is 5.75 Å². The summed E-state index contributed by atoms with van der Waals surface area (Å²) in [5.74, 6) is -8.87. The summed E-state index contributed by atoms with van der Waals surface area (Å²) >= 11 is 0. The number of carbonyl (C=O) groups excluding carboxylic acids is 3. The number of nitrogens with two attached hydrogens (primary N) is 1. The van der Waals surface area contributed by atoms with Gasteiger partial charge in [-0.15, -0.1) is 0 Å². The van der Waals surface area contributed by atoms with Gasteiger partial charge in [0.05, 0.1) is 23.6 Å². The van der Waals surface area contributed by atoms with Crippen LogP contribution in [-0.2, 0) is 14.4 Å². The van der Waals surface area contributed by atoms with Crippen LogP contribution in [0, 0.1) is 11.8 Å². The molecule has 0 radical (unpaired) electrons. The molecule has 0 saturated heterocycles. The first-order valence-corrected chi connectivity index (χ1v) is 10.0. The molecule has 6 atom stereocenters. The third kappa shape index (κ3) is 2.86. The van der Waals surface area contributed by atoms with E-state index in [4.69, 9.17) is 5.73 Å². The van der Waals surface area contributed by atoms with Crippen LogP contribution >= 0.6 is 0 Å². The van der Waals surface area contributed by atoms with E-state index in [-0.39, 0.29) is 16.8 Å². The van der Waals surface area contributed by atoms with E-state index in [0.717, 1.165) is 0 Å². The fourth-order valence-corrected chi connectivity index (χ4v) is 5.58. The molecule has 33 heavy (non-hydrogen) atoms. The van der Waals surface area contributed by atoms with Crippen LogP contribution in [0.1, 0.15) is 24.0 Å². The molecule has 1 saturated carbocycles. The van der Waals surface area contributed by atoms with Crippen LogP contribution in [0.2, 0.25) is 0 Å². The molecule has 1 fully saturated rings. The number of fused-ring (bicyclic) bond motifs is 3. The Labute approximate surface area is 188 Å². The number of phenolic OH excluding ortho intramolecular Hbond substituents is 1. The van der Waals surface area contributed by atoms with Crippen molar-refractivity contribution in [1.82, 2.24) is 4.90 Å². The van der Waals surface area contributed by atoms with Crippen molar-refractivity contribution in [2.75, 3.05) is 14.1 Å². The quantitative estimate of drug-likeness (QED) is 0.287. The van der Waals surface area contributed by atoms with Crippen LogP contribution in [0.25, 0.3) is 5.76 Å². The maximum Gasteiger partial charge on any atom is 0.255 e. The highest BCUT2D eigenvalue weighted by molar-refractivity contribution is 6.24. The molecule has 0 heterocycles. The highest BCUT2D eigenvalue weighted by atomic mass is 16.4. The van der Waals surface area contributed by atoms with Gasteiger partial charge in [0, 0.05) is 11.5 Å². The van der Waals surface area contributed by atoms with Crippen LogP contribution < -0.4 is 5.73 Å². The molecule has 1 amide bonds. The highest BCUT2D eigenvalue weighted by Gasteiger charge is 2.68. The number of likely N-dealkylation sites (N-methyl/N-ethyl adjacent to an activating group) is 1. The minimum atomic E-state index is -2.89. The molecule has 0 aromatic heterocycles. The average Bonchev–Trinajstić information content (AvgIpc) is 2.70. The molecule has 11 nitrogen and oxygen atoms in total. The second-order valence-electron chi connectivity index (χ2n) is 8.79. The molecular formula is C22H26N2O9. The Morgan fingerprint density at radius 3 is 2.30 bits per heavy atom. The number of hydrogen-bond acceptors (Lipinski definition) is 9. The molecule has 4 rings (SSSR count). The van der Waals surface area contributed by atoms with Crippen molar-refractivity contribution in [2.24, 2.45) is 17.6 Å². The number of benzene rings is 1. The number of hydrogen-bond donors (Lipinski definition) is 6. The molecule has 9 N–H and O–H groups in total. The van der Waals surface area contributed by atoms with Gasteiger partial charge in [-0.05, 0) is 31.6 Å². The smallest absolute Gasteiger partial charge is 0.255 e.